The van der Waals surface area contributed by atoms with Gasteiger partial charge in [0.25, 0.3) is 0 Å². The summed E-state index contributed by atoms with van der Waals surface area (Å²) in [7, 11) is 3.72. The lowest BCUT2D eigenvalue weighted by Gasteiger charge is -2.15. The Kier molecular flexibility index (Phi) is 5.65. The summed E-state index contributed by atoms with van der Waals surface area (Å²) in [5.74, 6) is 1.13. The minimum absolute atomic E-state index is 0.0411. The highest BCUT2D eigenvalue weighted by atomic mass is 16.5. The molecule has 0 aliphatic carbocycles. The summed E-state index contributed by atoms with van der Waals surface area (Å²) in [5.41, 5.74) is 0.727. The highest BCUT2D eigenvalue weighted by Crippen LogP contribution is 2.24. The molecular weight excluding hydrogens is 228 g/mol. The minimum atomic E-state index is -0.0411. The Morgan fingerprint density at radius 3 is 2.61 bits per heavy atom. The third-order valence-electron chi connectivity index (χ3n) is 2.19. The van der Waals surface area contributed by atoms with Crippen LogP contribution in [0.3, 0.4) is 0 Å². The SMILES string of the molecule is CC(C)COc1ccccc1NC(=O)CN(C)C. The van der Waals surface area contributed by atoms with Crippen LogP contribution >= 0.6 is 0 Å². The van der Waals surface area contributed by atoms with Crippen molar-refractivity contribution in [3.05, 3.63) is 24.3 Å². The summed E-state index contributed by atoms with van der Waals surface area (Å²) in [6.45, 7) is 5.18. The molecule has 0 aliphatic heterocycles. The van der Waals surface area contributed by atoms with Crippen LogP contribution in [0.15, 0.2) is 24.3 Å². The molecular formula is C14H22N2O2. The maximum atomic E-state index is 11.7. The fourth-order valence-electron chi connectivity index (χ4n) is 1.43. The lowest BCUT2D eigenvalue weighted by molar-refractivity contribution is -0.116. The number of carbonyl (C=O) groups excluding carboxylic acids is 1. The van der Waals surface area contributed by atoms with Gasteiger partial charge >= 0.3 is 0 Å². The van der Waals surface area contributed by atoms with Crippen LogP contribution in [-0.2, 0) is 4.79 Å². The number of hydrogen-bond acceptors (Lipinski definition) is 3. The van der Waals surface area contributed by atoms with E-state index in [0.29, 0.717) is 19.1 Å². The monoisotopic (exact) mass is 250 g/mol. The number of likely N-dealkylation sites (N-methyl/N-ethyl adjacent to an activating group) is 1. The van der Waals surface area contributed by atoms with Gasteiger partial charge in [-0.15, -0.1) is 0 Å². The van der Waals surface area contributed by atoms with Crippen molar-refractivity contribution < 1.29 is 9.53 Å². The third kappa shape index (κ3) is 5.19. The van der Waals surface area contributed by atoms with Crippen LogP contribution < -0.4 is 10.1 Å². The van der Waals surface area contributed by atoms with Crippen molar-refractivity contribution in [3.63, 3.8) is 0 Å². The van der Waals surface area contributed by atoms with Gasteiger partial charge in [0.2, 0.25) is 5.91 Å². The third-order valence-corrected chi connectivity index (χ3v) is 2.19. The van der Waals surface area contributed by atoms with E-state index < -0.39 is 0 Å². The van der Waals surface area contributed by atoms with Crippen molar-refractivity contribution in [3.8, 4) is 5.75 Å². The van der Waals surface area contributed by atoms with Crippen molar-refractivity contribution in [2.75, 3.05) is 32.6 Å². The zero-order valence-corrected chi connectivity index (χ0v) is 11.6. The number of anilines is 1. The first-order chi connectivity index (χ1) is 8.49. The number of nitrogens with zero attached hydrogens (tertiary/aromatic N) is 1. The van der Waals surface area contributed by atoms with E-state index in [-0.39, 0.29) is 5.91 Å². The van der Waals surface area contributed by atoms with Crippen molar-refractivity contribution in [2.45, 2.75) is 13.8 Å². The van der Waals surface area contributed by atoms with Gasteiger partial charge in [-0.1, -0.05) is 26.0 Å². The zero-order chi connectivity index (χ0) is 13.5. The second-order valence-electron chi connectivity index (χ2n) is 4.99. The number of ether oxygens (including phenoxy) is 1. The first-order valence-corrected chi connectivity index (χ1v) is 6.15. The molecule has 4 heteroatoms. The lowest BCUT2D eigenvalue weighted by Crippen LogP contribution is -2.27. The number of hydrogen-bond donors (Lipinski definition) is 1. The lowest BCUT2D eigenvalue weighted by atomic mass is 10.2. The average Bonchev–Trinajstić information content (AvgIpc) is 2.26. The zero-order valence-electron chi connectivity index (χ0n) is 11.6. The van der Waals surface area contributed by atoms with E-state index in [1.54, 1.807) is 0 Å². The molecule has 4 nitrogen and oxygen atoms in total. The summed E-state index contributed by atoms with van der Waals surface area (Å²) in [5, 5.41) is 2.86. The normalized spacial score (nSPS) is 10.8. The topological polar surface area (TPSA) is 41.6 Å². The largest absolute Gasteiger partial charge is 0.491 e. The van der Waals surface area contributed by atoms with Crippen molar-refractivity contribution in [2.24, 2.45) is 5.92 Å². The van der Waals surface area contributed by atoms with E-state index in [9.17, 15) is 4.79 Å². The smallest absolute Gasteiger partial charge is 0.238 e. The fraction of sp³-hybridized carbons (Fsp3) is 0.500. The van der Waals surface area contributed by atoms with Crippen LogP contribution in [0.5, 0.6) is 5.75 Å². The molecule has 18 heavy (non-hydrogen) atoms. The van der Waals surface area contributed by atoms with Crippen LogP contribution in [-0.4, -0.2) is 38.1 Å². The van der Waals surface area contributed by atoms with Gasteiger partial charge in [-0.25, -0.2) is 0 Å². The standard InChI is InChI=1S/C14H22N2O2/c1-11(2)10-18-13-8-6-5-7-12(13)15-14(17)9-16(3)4/h5-8,11H,9-10H2,1-4H3,(H,15,17). The first kappa shape index (κ1) is 14.5. The summed E-state index contributed by atoms with van der Waals surface area (Å²) in [6.07, 6.45) is 0. The van der Waals surface area contributed by atoms with Crippen LogP contribution in [0, 0.1) is 5.92 Å². The molecule has 1 aromatic rings. The van der Waals surface area contributed by atoms with E-state index in [1.807, 2.05) is 43.3 Å². The Morgan fingerprint density at radius 2 is 2.00 bits per heavy atom. The Hall–Kier alpha value is -1.55. The Bertz CT molecular complexity index is 389. The van der Waals surface area contributed by atoms with Crippen LogP contribution in [0.4, 0.5) is 5.69 Å². The quantitative estimate of drug-likeness (QED) is 0.841. The Balaban J connectivity index is 2.66. The van der Waals surface area contributed by atoms with Gasteiger partial charge < -0.3 is 15.0 Å². The maximum absolute atomic E-state index is 11.7. The molecule has 0 spiro atoms. The second kappa shape index (κ2) is 7.01. The number of nitrogens with one attached hydrogen (secondary N) is 1. The molecule has 0 unspecified atom stereocenters. The molecule has 0 radical (unpaired) electrons. The van der Waals surface area contributed by atoms with Gasteiger partial charge in [0.15, 0.2) is 0 Å². The van der Waals surface area contributed by atoms with E-state index in [0.717, 1.165) is 11.4 Å². The molecule has 0 saturated carbocycles. The van der Waals surface area contributed by atoms with E-state index in [4.69, 9.17) is 4.74 Å². The van der Waals surface area contributed by atoms with Gasteiger partial charge in [-0.05, 0) is 32.1 Å². The molecule has 0 heterocycles. The van der Waals surface area contributed by atoms with Crippen molar-refractivity contribution >= 4 is 11.6 Å². The van der Waals surface area contributed by atoms with Crippen molar-refractivity contribution in [1.29, 1.82) is 0 Å². The molecule has 0 aliphatic rings. The summed E-state index contributed by atoms with van der Waals surface area (Å²) < 4.78 is 5.68. The summed E-state index contributed by atoms with van der Waals surface area (Å²) in [6, 6.07) is 7.50. The minimum Gasteiger partial charge on any atom is -0.491 e. The van der Waals surface area contributed by atoms with Gasteiger partial charge in [-0.2, -0.15) is 0 Å². The van der Waals surface area contributed by atoms with Gasteiger partial charge in [0.05, 0.1) is 18.8 Å². The van der Waals surface area contributed by atoms with E-state index >= 15 is 0 Å². The second-order valence-corrected chi connectivity index (χ2v) is 4.99. The molecule has 0 fully saturated rings. The predicted octanol–water partition coefficient (Wildman–Crippen LogP) is 2.22. The summed E-state index contributed by atoms with van der Waals surface area (Å²) in [4.78, 5) is 13.5. The molecule has 0 atom stereocenters. The number of amides is 1. The number of benzene rings is 1. The summed E-state index contributed by atoms with van der Waals surface area (Å²) >= 11 is 0. The molecule has 0 bridgehead atoms. The van der Waals surface area contributed by atoms with Crippen LogP contribution in [0.2, 0.25) is 0 Å². The van der Waals surface area contributed by atoms with E-state index in [2.05, 4.69) is 19.2 Å². The molecule has 1 aromatic carbocycles. The van der Waals surface area contributed by atoms with Crippen LogP contribution in [0.25, 0.3) is 0 Å². The van der Waals surface area contributed by atoms with Crippen molar-refractivity contribution in [1.82, 2.24) is 4.90 Å². The average molecular weight is 250 g/mol. The Morgan fingerprint density at radius 1 is 1.33 bits per heavy atom. The molecule has 0 aromatic heterocycles. The van der Waals surface area contributed by atoms with Gasteiger partial charge in [0.1, 0.15) is 5.75 Å². The van der Waals surface area contributed by atoms with E-state index in [1.165, 1.54) is 0 Å². The van der Waals surface area contributed by atoms with Gasteiger partial charge in [0, 0.05) is 0 Å². The first-order valence-electron chi connectivity index (χ1n) is 6.15. The molecule has 100 valence electrons. The fourth-order valence-corrected chi connectivity index (χ4v) is 1.43. The van der Waals surface area contributed by atoms with Crippen LogP contribution in [0.1, 0.15) is 13.8 Å². The molecule has 1 N–H and O–H groups in total. The highest BCUT2D eigenvalue weighted by molar-refractivity contribution is 5.93. The number of rotatable bonds is 6. The molecule has 0 saturated heterocycles. The maximum Gasteiger partial charge on any atom is 0.238 e. The highest BCUT2D eigenvalue weighted by Gasteiger charge is 2.08. The van der Waals surface area contributed by atoms with Gasteiger partial charge in [-0.3, -0.25) is 4.79 Å². The molecule has 1 rings (SSSR count). The number of para-hydroxylation sites is 2. The Labute approximate surface area is 109 Å². The number of carbonyl (C=O) groups is 1. The molecule has 1 amide bonds. The predicted molar refractivity (Wildman–Crippen MR) is 74.0 cm³/mol.